The molecule has 0 fully saturated rings. The van der Waals surface area contributed by atoms with Crippen LogP contribution in [-0.4, -0.2) is 23.2 Å². The van der Waals surface area contributed by atoms with E-state index in [0.29, 0.717) is 0 Å². The van der Waals surface area contributed by atoms with Gasteiger partial charge in [0.1, 0.15) is 5.75 Å². The zero-order valence-corrected chi connectivity index (χ0v) is 10.8. The molecule has 0 aliphatic heterocycles. The third kappa shape index (κ3) is 4.45. The van der Waals surface area contributed by atoms with Crippen LogP contribution in [0.4, 0.5) is 0 Å². The van der Waals surface area contributed by atoms with Crippen molar-refractivity contribution >= 4 is 11.8 Å². The molecule has 0 bridgehead atoms. The summed E-state index contributed by atoms with van der Waals surface area (Å²) in [5.41, 5.74) is 0.866. The number of benzene rings is 1. The summed E-state index contributed by atoms with van der Waals surface area (Å²) in [4.78, 5) is 0. The molecular weight excluding hydrogens is 220 g/mol. The van der Waals surface area contributed by atoms with Crippen molar-refractivity contribution in [2.45, 2.75) is 26.4 Å². The van der Waals surface area contributed by atoms with Crippen LogP contribution in [0.3, 0.4) is 0 Å². The van der Waals surface area contributed by atoms with Crippen LogP contribution >= 0.6 is 11.8 Å². The van der Waals surface area contributed by atoms with Gasteiger partial charge in [0.05, 0.1) is 12.7 Å². The van der Waals surface area contributed by atoms with Gasteiger partial charge in [-0.1, -0.05) is 25.1 Å². The molecule has 1 aromatic carbocycles. The highest BCUT2D eigenvalue weighted by Crippen LogP contribution is 2.24. The van der Waals surface area contributed by atoms with Gasteiger partial charge >= 0.3 is 0 Å². The zero-order chi connectivity index (χ0) is 11.8. The second kappa shape index (κ2) is 7.58. The highest BCUT2D eigenvalue weighted by Gasteiger charge is 2.07. The second-order valence-corrected chi connectivity index (χ2v) is 5.01. The van der Waals surface area contributed by atoms with Gasteiger partial charge in [-0.05, 0) is 30.9 Å². The Kier molecular flexibility index (Phi) is 6.34. The summed E-state index contributed by atoms with van der Waals surface area (Å²) in [7, 11) is 0. The van der Waals surface area contributed by atoms with Crippen molar-refractivity contribution in [3.8, 4) is 5.75 Å². The van der Waals surface area contributed by atoms with Crippen LogP contribution in [0.5, 0.6) is 5.75 Å². The number of rotatable bonds is 7. The Bertz CT molecular complexity index is 300. The standard InChI is InChI=1S/C13H20O2S/c1-3-16-10-6-9-15-13-8-5-4-7-12(13)11(2)14/h4-5,7-8,11,14H,3,6,9-10H2,1-2H3/t11-/m1/s1. The summed E-state index contributed by atoms with van der Waals surface area (Å²) in [6, 6.07) is 7.67. The van der Waals surface area contributed by atoms with E-state index in [2.05, 4.69) is 6.92 Å². The van der Waals surface area contributed by atoms with E-state index >= 15 is 0 Å². The first-order valence-corrected chi connectivity index (χ1v) is 6.88. The van der Waals surface area contributed by atoms with Gasteiger partial charge < -0.3 is 9.84 Å². The van der Waals surface area contributed by atoms with Crippen molar-refractivity contribution in [3.63, 3.8) is 0 Å². The van der Waals surface area contributed by atoms with Gasteiger partial charge in [-0.25, -0.2) is 0 Å². The maximum Gasteiger partial charge on any atom is 0.125 e. The normalized spacial score (nSPS) is 12.4. The van der Waals surface area contributed by atoms with E-state index in [0.717, 1.165) is 35.8 Å². The number of hydrogen-bond acceptors (Lipinski definition) is 3. The van der Waals surface area contributed by atoms with Gasteiger partial charge in [0, 0.05) is 5.56 Å². The third-order valence-corrected chi connectivity index (χ3v) is 3.25. The monoisotopic (exact) mass is 240 g/mol. The maximum absolute atomic E-state index is 9.56. The Morgan fingerprint density at radius 2 is 2.12 bits per heavy atom. The molecule has 0 aromatic heterocycles. The fourth-order valence-electron chi connectivity index (χ4n) is 1.44. The van der Waals surface area contributed by atoms with Crippen LogP contribution in [0.1, 0.15) is 31.9 Å². The average molecular weight is 240 g/mol. The summed E-state index contributed by atoms with van der Waals surface area (Å²) >= 11 is 1.92. The van der Waals surface area contributed by atoms with Crippen LogP contribution in [0.25, 0.3) is 0 Å². The highest BCUT2D eigenvalue weighted by atomic mass is 32.2. The van der Waals surface area contributed by atoms with Crippen LogP contribution in [-0.2, 0) is 0 Å². The number of para-hydroxylation sites is 1. The molecule has 0 radical (unpaired) electrons. The Labute approximate surface area is 102 Å². The Morgan fingerprint density at radius 3 is 2.81 bits per heavy atom. The first kappa shape index (κ1) is 13.4. The largest absolute Gasteiger partial charge is 0.493 e. The minimum atomic E-state index is -0.471. The second-order valence-electron chi connectivity index (χ2n) is 3.61. The molecule has 16 heavy (non-hydrogen) atoms. The molecule has 0 aliphatic carbocycles. The van der Waals surface area contributed by atoms with E-state index in [-0.39, 0.29) is 0 Å². The molecule has 1 N–H and O–H groups in total. The molecule has 1 rings (SSSR count). The van der Waals surface area contributed by atoms with Gasteiger partial charge in [-0.15, -0.1) is 0 Å². The van der Waals surface area contributed by atoms with Crippen LogP contribution in [0.15, 0.2) is 24.3 Å². The lowest BCUT2D eigenvalue weighted by Crippen LogP contribution is -2.03. The topological polar surface area (TPSA) is 29.5 Å². The van der Waals surface area contributed by atoms with Crippen molar-refractivity contribution in [3.05, 3.63) is 29.8 Å². The van der Waals surface area contributed by atoms with E-state index in [4.69, 9.17) is 4.74 Å². The fourth-order valence-corrected chi connectivity index (χ4v) is 2.06. The zero-order valence-electron chi connectivity index (χ0n) is 9.98. The molecule has 0 aliphatic rings. The summed E-state index contributed by atoms with van der Waals surface area (Å²) in [5.74, 6) is 3.09. The molecule has 0 unspecified atom stereocenters. The van der Waals surface area contributed by atoms with Gasteiger partial charge in [0.25, 0.3) is 0 Å². The number of aliphatic hydroxyl groups is 1. The van der Waals surface area contributed by atoms with Crippen LogP contribution in [0.2, 0.25) is 0 Å². The molecule has 0 heterocycles. The van der Waals surface area contributed by atoms with E-state index < -0.39 is 6.10 Å². The molecule has 1 aromatic rings. The van der Waals surface area contributed by atoms with Crippen molar-refractivity contribution in [1.82, 2.24) is 0 Å². The summed E-state index contributed by atoms with van der Waals surface area (Å²) < 4.78 is 5.67. The summed E-state index contributed by atoms with van der Waals surface area (Å²) in [6.45, 7) is 4.64. The smallest absolute Gasteiger partial charge is 0.125 e. The van der Waals surface area contributed by atoms with E-state index in [1.54, 1.807) is 6.92 Å². The molecular formula is C13H20O2S. The first-order chi connectivity index (χ1) is 7.75. The highest BCUT2D eigenvalue weighted by molar-refractivity contribution is 7.99. The van der Waals surface area contributed by atoms with Gasteiger partial charge in [-0.3, -0.25) is 0 Å². The molecule has 2 nitrogen and oxygen atoms in total. The van der Waals surface area contributed by atoms with Crippen molar-refractivity contribution in [2.75, 3.05) is 18.1 Å². The maximum atomic E-state index is 9.56. The van der Waals surface area contributed by atoms with Crippen molar-refractivity contribution in [1.29, 1.82) is 0 Å². The molecule has 3 heteroatoms. The molecule has 0 spiro atoms. The Hall–Kier alpha value is -0.670. The van der Waals surface area contributed by atoms with E-state index in [1.807, 2.05) is 36.0 Å². The molecule has 0 saturated carbocycles. The number of thioether (sulfide) groups is 1. The molecule has 0 saturated heterocycles. The molecule has 1 atom stereocenters. The van der Waals surface area contributed by atoms with Gasteiger partial charge in [0.15, 0.2) is 0 Å². The molecule has 0 amide bonds. The van der Waals surface area contributed by atoms with Crippen LogP contribution in [0, 0.1) is 0 Å². The lowest BCUT2D eigenvalue weighted by Gasteiger charge is -2.12. The molecule has 90 valence electrons. The van der Waals surface area contributed by atoms with E-state index in [9.17, 15) is 5.11 Å². The summed E-state index contributed by atoms with van der Waals surface area (Å²) in [5, 5.41) is 9.56. The Balaban J connectivity index is 2.41. The SMILES string of the molecule is CCSCCCOc1ccccc1[C@@H](C)O. The first-order valence-electron chi connectivity index (χ1n) is 5.73. The lowest BCUT2D eigenvalue weighted by molar-refractivity contribution is 0.191. The predicted octanol–water partition coefficient (Wildman–Crippen LogP) is 3.26. The number of ether oxygens (including phenoxy) is 1. The van der Waals surface area contributed by atoms with Gasteiger partial charge in [-0.2, -0.15) is 11.8 Å². The fraction of sp³-hybridized carbons (Fsp3) is 0.538. The van der Waals surface area contributed by atoms with Crippen molar-refractivity contribution in [2.24, 2.45) is 0 Å². The minimum absolute atomic E-state index is 0.471. The average Bonchev–Trinajstić information content (AvgIpc) is 2.29. The quantitative estimate of drug-likeness (QED) is 0.742. The van der Waals surface area contributed by atoms with Crippen LogP contribution < -0.4 is 4.74 Å². The third-order valence-electron chi connectivity index (χ3n) is 2.26. The van der Waals surface area contributed by atoms with Crippen molar-refractivity contribution < 1.29 is 9.84 Å². The lowest BCUT2D eigenvalue weighted by atomic mass is 10.1. The predicted molar refractivity (Wildman–Crippen MR) is 70.2 cm³/mol. The number of aliphatic hydroxyl groups excluding tert-OH is 1. The van der Waals surface area contributed by atoms with Gasteiger partial charge in [0.2, 0.25) is 0 Å². The Morgan fingerprint density at radius 1 is 1.38 bits per heavy atom. The number of hydrogen-bond donors (Lipinski definition) is 1. The van der Waals surface area contributed by atoms with E-state index in [1.165, 1.54) is 0 Å². The summed E-state index contributed by atoms with van der Waals surface area (Å²) in [6.07, 6.45) is 0.577. The minimum Gasteiger partial charge on any atom is -0.493 e.